The molecule has 2 aromatic heterocycles. The third-order valence-electron chi connectivity index (χ3n) is 4.02. The quantitative estimate of drug-likeness (QED) is 0.238. The molecule has 0 radical (unpaired) electrons. The maximum Gasteiger partial charge on any atom is 0.270 e. The SMILES string of the molecule is O=[N+]([O-])c1cccc(-c2csc(=Nc3c(Cl)ncnc3Cl)n2-c2ccccc2)c1. The van der Waals surface area contributed by atoms with Crippen LogP contribution in [-0.2, 0) is 0 Å². The number of aromatic nitrogens is 3. The molecule has 4 aromatic rings. The fourth-order valence-electron chi connectivity index (χ4n) is 2.72. The Balaban J connectivity index is 1.99. The predicted octanol–water partition coefficient (Wildman–Crippen LogP) is 5.44. The van der Waals surface area contributed by atoms with Gasteiger partial charge in [0.2, 0.25) is 0 Å². The Morgan fingerprint density at radius 3 is 2.45 bits per heavy atom. The summed E-state index contributed by atoms with van der Waals surface area (Å²) >= 11 is 13.6. The van der Waals surface area contributed by atoms with Crippen molar-refractivity contribution in [3.63, 3.8) is 0 Å². The van der Waals surface area contributed by atoms with Gasteiger partial charge in [-0.1, -0.05) is 53.5 Å². The highest BCUT2D eigenvalue weighted by Crippen LogP contribution is 2.30. The van der Waals surface area contributed by atoms with Crippen molar-refractivity contribution in [1.29, 1.82) is 0 Å². The molecular formula is C19H11Cl2N5O2S. The molecule has 0 atom stereocenters. The first-order valence-electron chi connectivity index (χ1n) is 8.26. The highest BCUT2D eigenvalue weighted by molar-refractivity contribution is 7.07. The van der Waals surface area contributed by atoms with Crippen LogP contribution >= 0.6 is 34.5 Å². The zero-order valence-corrected chi connectivity index (χ0v) is 16.9. The molecule has 0 aliphatic rings. The van der Waals surface area contributed by atoms with E-state index in [9.17, 15) is 10.1 Å². The summed E-state index contributed by atoms with van der Waals surface area (Å²) in [6, 6.07) is 16.0. The maximum absolute atomic E-state index is 11.2. The van der Waals surface area contributed by atoms with Gasteiger partial charge in [-0.25, -0.2) is 15.0 Å². The lowest BCUT2D eigenvalue weighted by molar-refractivity contribution is -0.384. The van der Waals surface area contributed by atoms with E-state index in [0.717, 1.165) is 11.4 Å². The van der Waals surface area contributed by atoms with E-state index in [-0.39, 0.29) is 21.7 Å². The molecule has 2 aromatic carbocycles. The third-order valence-corrected chi connectivity index (χ3v) is 5.39. The van der Waals surface area contributed by atoms with Crippen molar-refractivity contribution >= 4 is 45.9 Å². The van der Waals surface area contributed by atoms with E-state index in [1.165, 1.54) is 29.8 Å². The normalized spacial score (nSPS) is 11.6. The Labute approximate surface area is 178 Å². The number of benzene rings is 2. The Morgan fingerprint density at radius 2 is 1.76 bits per heavy atom. The van der Waals surface area contributed by atoms with Gasteiger partial charge in [0.15, 0.2) is 15.1 Å². The summed E-state index contributed by atoms with van der Waals surface area (Å²) in [7, 11) is 0. The number of hydrogen-bond acceptors (Lipinski definition) is 6. The number of rotatable bonds is 4. The van der Waals surface area contributed by atoms with Gasteiger partial charge in [0.05, 0.1) is 10.6 Å². The lowest BCUT2D eigenvalue weighted by Crippen LogP contribution is -2.13. The second kappa shape index (κ2) is 8.12. The molecule has 29 heavy (non-hydrogen) atoms. The molecule has 0 saturated heterocycles. The molecule has 4 rings (SSSR count). The highest BCUT2D eigenvalue weighted by Gasteiger charge is 2.15. The Bertz CT molecular complexity index is 1250. The fourth-order valence-corrected chi connectivity index (χ4v) is 4.03. The first-order valence-corrected chi connectivity index (χ1v) is 9.89. The Hall–Kier alpha value is -3.07. The van der Waals surface area contributed by atoms with Crippen molar-refractivity contribution in [2.45, 2.75) is 0 Å². The van der Waals surface area contributed by atoms with Crippen LogP contribution in [0.4, 0.5) is 11.4 Å². The molecule has 0 saturated carbocycles. The molecule has 0 aliphatic carbocycles. The summed E-state index contributed by atoms with van der Waals surface area (Å²) < 4.78 is 1.88. The molecule has 0 bridgehead atoms. The number of non-ortho nitro benzene ring substituents is 1. The summed E-state index contributed by atoms with van der Waals surface area (Å²) in [5, 5.41) is 13.3. The summed E-state index contributed by atoms with van der Waals surface area (Å²) in [6.07, 6.45) is 1.26. The summed E-state index contributed by atoms with van der Waals surface area (Å²) in [5.41, 5.74) is 2.52. The van der Waals surface area contributed by atoms with Crippen molar-refractivity contribution in [2.24, 2.45) is 4.99 Å². The van der Waals surface area contributed by atoms with Crippen LogP contribution in [0, 0.1) is 10.1 Å². The van der Waals surface area contributed by atoms with Gasteiger partial charge in [0.25, 0.3) is 5.69 Å². The predicted molar refractivity (Wildman–Crippen MR) is 113 cm³/mol. The van der Waals surface area contributed by atoms with Crippen LogP contribution in [0.15, 0.2) is 71.3 Å². The van der Waals surface area contributed by atoms with Crippen LogP contribution < -0.4 is 4.80 Å². The van der Waals surface area contributed by atoms with Gasteiger partial charge < -0.3 is 0 Å². The molecule has 0 spiro atoms. The first kappa shape index (κ1) is 19.3. The minimum atomic E-state index is -0.422. The number of thiazole rings is 1. The first-order chi connectivity index (χ1) is 14.0. The zero-order chi connectivity index (χ0) is 20.4. The smallest absolute Gasteiger partial charge is 0.270 e. The molecule has 0 unspecified atom stereocenters. The van der Waals surface area contributed by atoms with Crippen LogP contribution in [-0.4, -0.2) is 19.5 Å². The minimum Gasteiger partial charge on any atom is -0.285 e. The van der Waals surface area contributed by atoms with Crippen LogP contribution in [0.5, 0.6) is 0 Å². The van der Waals surface area contributed by atoms with E-state index in [1.54, 1.807) is 6.07 Å². The zero-order valence-electron chi connectivity index (χ0n) is 14.6. The maximum atomic E-state index is 11.2. The van der Waals surface area contributed by atoms with E-state index in [2.05, 4.69) is 15.0 Å². The Kier molecular flexibility index (Phi) is 5.39. The van der Waals surface area contributed by atoms with Crippen molar-refractivity contribution < 1.29 is 4.92 Å². The van der Waals surface area contributed by atoms with E-state index < -0.39 is 4.92 Å². The molecule has 2 heterocycles. The second-order valence-electron chi connectivity index (χ2n) is 5.80. The number of nitro benzene ring substituents is 1. The van der Waals surface area contributed by atoms with Gasteiger partial charge in [-0.3, -0.25) is 14.7 Å². The highest BCUT2D eigenvalue weighted by atomic mass is 35.5. The largest absolute Gasteiger partial charge is 0.285 e. The van der Waals surface area contributed by atoms with Crippen LogP contribution in [0.3, 0.4) is 0 Å². The molecular weight excluding hydrogens is 433 g/mol. The van der Waals surface area contributed by atoms with Gasteiger partial charge in [0, 0.05) is 28.8 Å². The number of nitrogens with zero attached hydrogens (tertiary/aromatic N) is 5. The average molecular weight is 444 g/mol. The van der Waals surface area contributed by atoms with Crippen LogP contribution in [0.25, 0.3) is 16.9 Å². The summed E-state index contributed by atoms with van der Waals surface area (Å²) in [5.74, 6) is 0. The fraction of sp³-hybridized carbons (Fsp3) is 0. The molecule has 0 fully saturated rings. The number of para-hydroxylation sites is 1. The third kappa shape index (κ3) is 3.91. The van der Waals surface area contributed by atoms with Crippen molar-refractivity contribution in [3.05, 3.63) is 91.5 Å². The van der Waals surface area contributed by atoms with Crippen LogP contribution in [0.1, 0.15) is 0 Å². The lowest BCUT2D eigenvalue weighted by atomic mass is 10.1. The van der Waals surface area contributed by atoms with E-state index >= 15 is 0 Å². The summed E-state index contributed by atoms with van der Waals surface area (Å²) in [6.45, 7) is 0. The lowest BCUT2D eigenvalue weighted by Gasteiger charge is -2.09. The average Bonchev–Trinajstić information content (AvgIpc) is 3.15. The second-order valence-corrected chi connectivity index (χ2v) is 7.35. The van der Waals surface area contributed by atoms with E-state index in [1.807, 2.05) is 46.3 Å². The number of nitro groups is 1. The standard InChI is InChI=1S/C19H11Cl2N5O2S/c20-17-16(18(21)23-11-22-17)24-19-25(13-6-2-1-3-7-13)15(10-29-19)12-5-4-8-14(9-12)26(27)28/h1-11H. The van der Waals surface area contributed by atoms with Crippen molar-refractivity contribution in [3.8, 4) is 16.9 Å². The molecule has 0 N–H and O–H groups in total. The summed E-state index contributed by atoms with van der Waals surface area (Å²) in [4.78, 5) is 23.8. The van der Waals surface area contributed by atoms with Gasteiger partial charge in [0.1, 0.15) is 12.0 Å². The van der Waals surface area contributed by atoms with E-state index in [4.69, 9.17) is 23.2 Å². The number of halogens is 2. The molecule has 10 heteroatoms. The van der Waals surface area contributed by atoms with Gasteiger partial charge in [-0.15, -0.1) is 11.3 Å². The van der Waals surface area contributed by atoms with Gasteiger partial charge >= 0.3 is 0 Å². The van der Waals surface area contributed by atoms with Gasteiger partial charge in [-0.2, -0.15) is 0 Å². The molecule has 0 aliphatic heterocycles. The number of hydrogen-bond donors (Lipinski definition) is 0. The molecule has 7 nitrogen and oxygen atoms in total. The van der Waals surface area contributed by atoms with Crippen molar-refractivity contribution in [2.75, 3.05) is 0 Å². The van der Waals surface area contributed by atoms with Crippen LogP contribution in [0.2, 0.25) is 10.3 Å². The topological polar surface area (TPSA) is 86.2 Å². The minimum absolute atomic E-state index is 0.00866. The Morgan fingerprint density at radius 1 is 1.03 bits per heavy atom. The monoisotopic (exact) mass is 443 g/mol. The van der Waals surface area contributed by atoms with E-state index in [0.29, 0.717) is 10.4 Å². The molecule has 0 amide bonds. The van der Waals surface area contributed by atoms with Gasteiger partial charge in [-0.05, 0) is 12.1 Å². The molecule has 144 valence electrons. The van der Waals surface area contributed by atoms with Crippen molar-refractivity contribution in [1.82, 2.24) is 14.5 Å².